The Balaban J connectivity index is 1.83. The van der Waals surface area contributed by atoms with Gasteiger partial charge in [0.1, 0.15) is 0 Å². The van der Waals surface area contributed by atoms with E-state index in [1.165, 1.54) is 11.1 Å². The summed E-state index contributed by atoms with van der Waals surface area (Å²) in [5, 5.41) is 12.4. The van der Waals surface area contributed by atoms with E-state index in [1.54, 1.807) is 0 Å². The van der Waals surface area contributed by atoms with E-state index in [0.717, 1.165) is 25.9 Å². The normalized spacial score (nSPS) is 17.9. The van der Waals surface area contributed by atoms with Crippen molar-refractivity contribution >= 4 is 5.91 Å². The summed E-state index contributed by atoms with van der Waals surface area (Å²) in [4.78, 5) is 14.4. The van der Waals surface area contributed by atoms with Crippen LogP contribution >= 0.6 is 0 Å². The topological polar surface area (TPSA) is 52.6 Å². The predicted molar refractivity (Wildman–Crippen MR) is 83.9 cm³/mol. The molecular formula is C17H26N2O2. The second-order valence-electron chi connectivity index (χ2n) is 5.81. The molecule has 0 radical (unpaired) electrons. The number of nitrogens with one attached hydrogen (secondary N) is 1. The van der Waals surface area contributed by atoms with Crippen molar-refractivity contribution in [2.24, 2.45) is 0 Å². The van der Waals surface area contributed by atoms with Crippen LogP contribution < -0.4 is 5.32 Å². The molecule has 0 saturated heterocycles. The first kappa shape index (κ1) is 16.0. The minimum atomic E-state index is -0.317. The third-order valence-electron chi connectivity index (χ3n) is 4.34. The first-order valence-electron chi connectivity index (χ1n) is 7.88. The molecule has 1 amide bonds. The van der Waals surface area contributed by atoms with Crippen molar-refractivity contribution in [1.29, 1.82) is 0 Å². The molecule has 4 nitrogen and oxygen atoms in total. The van der Waals surface area contributed by atoms with Crippen LogP contribution in [-0.2, 0) is 17.8 Å². The summed E-state index contributed by atoms with van der Waals surface area (Å²) in [5.74, 6) is 0.0534. The van der Waals surface area contributed by atoms with Gasteiger partial charge in [0.2, 0.25) is 5.91 Å². The Hall–Kier alpha value is -1.39. The molecule has 1 heterocycles. The van der Waals surface area contributed by atoms with E-state index in [2.05, 4.69) is 34.5 Å². The molecule has 1 aromatic carbocycles. The second-order valence-corrected chi connectivity index (χ2v) is 5.81. The highest BCUT2D eigenvalue weighted by Gasteiger charge is 2.24. The Morgan fingerprint density at radius 1 is 1.38 bits per heavy atom. The van der Waals surface area contributed by atoms with Gasteiger partial charge in [0, 0.05) is 19.6 Å². The first-order chi connectivity index (χ1) is 10.1. The van der Waals surface area contributed by atoms with Crippen LogP contribution in [0.2, 0.25) is 0 Å². The monoisotopic (exact) mass is 290 g/mol. The van der Waals surface area contributed by atoms with Gasteiger partial charge >= 0.3 is 0 Å². The number of hydrogen-bond acceptors (Lipinski definition) is 3. The van der Waals surface area contributed by atoms with Gasteiger partial charge in [-0.05, 0) is 37.3 Å². The number of carbonyl (C=O) groups excluding carboxylic acids is 1. The maximum atomic E-state index is 12.2. The molecule has 0 saturated carbocycles. The molecule has 116 valence electrons. The zero-order valence-electron chi connectivity index (χ0n) is 13.0. The van der Waals surface area contributed by atoms with Crippen LogP contribution in [0.4, 0.5) is 0 Å². The summed E-state index contributed by atoms with van der Waals surface area (Å²) in [6, 6.07) is 8.31. The number of aliphatic hydroxyl groups is 1. The van der Waals surface area contributed by atoms with Gasteiger partial charge < -0.3 is 10.4 Å². The highest BCUT2D eigenvalue weighted by atomic mass is 16.3. The van der Waals surface area contributed by atoms with Crippen molar-refractivity contribution in [3.63, 3.8) is 0 Å². The molecule has 2 unspecified atom stereocenters. The average molecular weight is 290 g/mol. The van der Waals surface area contributed by atoms with Crippen molar-refractivity contribution in [2.45, 2.75) is 51.8 Å². The Kier molecular flexibility index (Phi) is 5.76. The highest BCUT2D eigenvalue weighted by molar-refractivity contribution is 5.81. The average Bonchev–Trinajstić information content (AvgIpc) is 2.53. The van der Waals surface area contributed by atoms with Gasteiger partial charge in [-0.2, -0.15) is 0 Å². The molecule has 0 spiro atoms. The number of hydrogen-bond donors (Lipinski definition) is 2. The molecule has 1 aliphatic heterocycles. The van der Waals surface area contributed by atoms with Gasteiger partial charge in [-0.15, -0.1) is 0 Å². The molecule has 0 fully saturated rings. The fourth-order valence-corrected chi connectivity index (χ4v) is 2.73. The fraction of sp³-hybridized carbons (Fsp3) is 0.588. The first-order valence-corrected chi connectivity index (χ1v) is 7.88. The molecular weight excluding hydrogens is 264 g/mol. The summed E-state index contributed by atoms with van der Waals surface area (Å²) < 4.78 is 0. The summed E-state index contributed by atoms with van der Waals surface area (Å²) in [7, 11) is 0. The van der Waals surface area contributed by atoms with E-state index >= 15 is 0 Å². The lowest BCUT2D eigenvalue weighted by Gasteiger charge is -2.32. The van der Waals surface area contributed by atoms with Gasteiger partial charge in [0.05, 0.1) is 12.1 Å². The lowest BCUT2D eigenvalue weighted by atomic mass is 9.99. The van der Waals surface area contributed by atoms with Crippen LogP contribution in [0.5, 0.6) is 0 Å². The third kappa shape index (κ3) is 4.29. The standard InChI is InChI=1S/C17H26N2O2/c1-3-16(20)8-10-18-17(21)13(2)19-11-9-14-6-4-5-7-15(14)12-19/h4-7,13,16,20H,3,8-12H2,1-2H3,(H,18,21). The summed E-state index contributed by atoms with van der Waals surface area (Å²) in [6.45, 7) is 6.20. The number of nitrogens with zero attached hydrogens (tertiary/aromatic N) is 1. The van der Waals surface area contributed by atoms with Crippen molar-refractivity contribution in [2.75, 3.05) is 13.1 Å². The zero-order valence-corrected chi connectivity index (χ0v) is 13.0. The minimum absolute atomic E-state index is 0.0534. The van der Waals surface area contributed by atoms with E-state index in [9.17, 15) is 9.90 Å². The summed E-state index contributed by atoms with van der Waals surface area (Å²) in [6.07, 6.45) is 2.04. The van der Waals surface area contributed by atoms with Gasteiger partial charge in [0.15, 0.2) is 0 Å². The fourth-order valence-electron chi connectivity index (χ4n) is 2.73. The molecule has 2 atom stereocenters. The van der Waals surface area contributed by atoms with Gasteiger partial charge in [-0.25, -0.2) is 0 Å². The lowest BCUT2D eigenvalue weighted by Crippen LogP contribution is -2.47. The van der Waals surface area contributed by atoms with E-state index in [4.69, 9.17) is 0 Å². The molecule has 4 heteroatoms. The van der Waals surface area contributed by atoms with Gasteiger partial charge in [-0.1, -0.05) is 31.2 Å². The van der Waals surface area contributed by atoms with Crippen LogP contribution in [0.15, 0.2) is 24.3 Å². The molecule has 21 heavy (non-hydrogen) atoms. The Labute approximate surface area is 127 Å². The van der Waals surface area contributed by atoms with Crippen LogP contribution in [0.25, 0.3) is 0 Å². The van der Waals surface area contributed by atoms with E-state index < -0.39 is 0 Å². The zero-order chi connectivity index (χ0) is 15.2. The van der Waals surface area contributed by atoms with Crippen LogP contribution in [0, 0.1) is 0 Å². The molecule has 1 aromatic rings. The van der Waals surface area contributed by atoms with E-state index in [0.29, 0.717) is 13.0 Å². The summed E-state index contributed by atoms with van der Waals surface area (Å²) in [5.41, 5.74) is 2.72. The Bertz CT molecular complexity index is 476. The number of aliphatic hydroxyl groups excluding tert-OH is 1. The highest BCUT2D eigenvalue weighted by Crippen LogP contribution is 2.20. The number of fused-ring (bicyclic) bond motifs is 1. The van der Waals surface area contributed by atoms with Crippen molar-refractivity contribution < 1.29 is 9.90 Å². The van der Waals surface area contributed by atoms with Crippen LogP contribution in [0.3, 0.4) is 0 Å². The number of carbonyl (C=O) groups is 1. The van der Waals surface area contributed by atoms with E-state index in [-0.39, 0.29) is 18.1 Å². The Morgan fingerprint density at radius 2 is 2.10 bits per heavy atom. The van der Waals surface area contributed by atoms with Crippen molar-refractivity contribution in [3.05, 3.63) is 35.4 Å². The van der Waals surface area contributed by atoms with Crippen LogP contribution in [-0.4, -0.2) is 41.1 Å². The quantitative estimate of drug-likeness (QED) is 0.838. The smallest absolute Gasteiger partial charge is 0.237 e. The maximum Gasteiger partial charge on any atom is 0.237 e. The van der Waals surface area contributed by atoms with Gasteiger partial charge in [-0.3, -0.25) is 9.69 Å². The number of amides is 1. The number of rotatable bonds is 6. The summed E-state index contributed by atoms with van der Waals surface area (Å²) >= 11 is 0. The maximum absolute atomic E-state index is 12.2. The van der Waals surface area contributed by atoms with Gasteiger partial charge in [0.25, 0.3) is 0 Å². The molecule has 0 aliphatic carbocycles. The predicted octanol–water partition coefficient (Wildman–Crippen LogP) is 1.71. The molecule has 2 rings (SSSR count). The molecule has 1 aliphatic rings. The lowest BCUT2D eigenvalue weighted by molar-refractivity contribution is -0.126. The largest absolute Gasteiger partial charge is 0.393 e. The molecule has 2 N–H and O–H groups in total. The molecule has 0 aromatic heterocycles. The third-order valence-corrected chi connectivity index (χ3v) is 4.34. The van der Waals surface area contributed by atoms with Crippen molar-refractivity contribution in [3.8, 4) is 0 Å². The molecule has 0 bridgehead atoms. The SMILES string of the molecule is CCC(O)CCNC(=O)C(C)N1CCc2ccccc2C1. The van der Waals surface area contributed by atoms with Crippen molar-refractivity contribution in [1.82, 2.24) is 10.2 Å². The van der Waals surface area contributed by atoms with E-state index in [1.807, 2.05) is 13.8 Å². The Morgan fingerprint density at radius 3 is 2.81 bits per heavy atom. The van der Waals surface area contributed by atoms with Crippen LogP contribution in [0.1, 0.15) is 37.8 Å². The number of benzene rings is 1. The minimum Gasteiger partial charge on any atom is -0.393 e. The second kappa shape index (κ2) is 7.57.